The number of rotatable bonds is 6. The first-order chi connectivity index (χ1) is 8.68. The number of esters is 1. The Morgan fingerprint density at radius 1 is 1.44 bits per heavy atom. The lowest BCUT2D eigenvalue weighted by Gasteiger charge is -2.23. The minimum absolute atomic E-state index is 0.322. The third-order valence-corrected chi connectivity index (χ3v) is 2.89. The second-order valence-electron chi connectivity index (χ2n) is 4.04. The monoisotopic (exact) mass is 245 g/mol. The van der Waals surface area contributed by atoms with Crippen LogP contribution < -0.4 is 0 Å². The molecule has 1 aromatic carbocycles. The average Bonchev–Trinajstić information content (AvgIpc) is 2.44. The van der Waals surface area contributed by atoms with Crippen molar-refractivity contribution in [1.82, 2.24) is 0 Å². The highest BCUT2D eigenvalue weighted by atomic mass is 16.5. The fraction of sp³-hybridized carbons (Fsp3) is 0.333. The number of ether oxygens (including phenoxy) is 1. The molecule has 0 bridgehead atoms. The standard InChI is InChI=1S/C15H19NO2/c1-4-11-15(5-2,14(17)18-3)16-12-13-9-7-6-8-10-13/h4,6-10,12H,1,5,11H2,2-3H3/b16-12-. The highest BCUT2D eigenvalue weighted by Gasteiger charge is 2.35. The molecule has 0 heterocycles. The van der Waals surface area contributed by atoms with E-state index < -0.39 is 5.54 Å². The van der Waals surface area contributed by atoms with Crippen LogP contribution in [0, 0.1) is 0 Å². The minimum Gasteiger partial charge on any atom is -0.467 e. The Morgan fingerprint density at radius 2 is 2.11 bits per heavy atom. The normalized spacial score (nSPS) is 14.1. The van der Waals surface area contributed by atoms with Crippen molar-refractivity contribution in [1.29, 1.82) is 0 Å². The molecule has 0 fully saturated rings. The van der Waals surface area contributed by atoms with E-state index in [9.17, 15) is 4.79 Å². The number of nitrogens with zero attached hydrogens (tertiary/aromatic N) is 1. The summed E-state index contributed by atoms with van der Waals surface area (Å²) in [5.74, 6) is -0.322. The molecule has 0 saturated carbocycles. The summed E-state index contributed by atoms with van der Waals surface area (Å²) in [5, 5.41) is 0. The molecule has 1 aromatic rings. The number of aliphatic imine (C=N–C) groups is 1. The lowest BCUT2D eigenvalue weighted by atomic mass is 9.93. The van der Waals surface area contributed by atoms with E-state index in [0.717, 1.165) is 5.56 Å². The van der Waals surface area contributed by atoms with Gasteiger partial charge in [0, 0.05) is 12.6 Å². The van der Waals surface area contributed by atoms with Crippen LogP contribution >= 0.6 is 0 Å². The molecule has 96 valence electrons. The summed E-state index contributed by atoms with van der Waals surface area (Å²) < 4.78 is 4.85. The van der Waals surface area contributed by atoms with Gasteiger partial charge in [0.1, 0.15) is 0 Å². The van der Waals surface area contributed by atoms with E-state index in [0.29, 0.717) is 12.8 Å². The third kappa shape index (κ3) is 3.29. The Hall–Kier alpha value is -1.90. The first-order valence-electron chi connectivity index (χ1n) is 5.98. The van der Waals surface area contributed by atoms with E-state index in [4.69, 9.17) is 4.74 Å². The molecule has 0 amide bonds. The fourth-order valence-corrected chi connectivity index (χ4v) is 1.73. The Balaban J connectivity index is 3.01. The molecule has 1 atom stereocenters. The van der Waals surface area contributed by atoms with Gasteiger partial charge < -0.3 is 4.74 Å². The largest absolute Gasteiger partial charge is 0.467 e. The Labute approximate surface area is 108 Å². The summed E-state index contributed by atoms with van der Waals surface area (Å²) in [6, 6.07) is 9.68. The van der Waals surface area contributed by atoms with Gasteiger partial charge in [0.05, 0.1) is 7.11 Å². The average molecular weight is 245 g/mol. The van der Waals surface area contributed by atoms with E-state index in [2.05, 4.69) is 11.6 Å². The van der Waals surface area contributed by atoms with Gasteiger partial charge in [0.2, 0.25) is 0 Å². The SMILES string of the molecule is C=CCC(CC)(/N=C\c1ccccc1)C(=O)OC. The van der Waals surface area contributed by atoms with Gasteiger partial charge in [-0.1, -0.05) is 43.3 Å². The quantitative estimate of drug-likeness (QED) is 0.439. The third-order valence-electron chi connectivity index (χ3n) is 2.89. The van der Waals surface area contributed by atoms with Gasteiger partial charge in [-0.3, -0.25) is 4.99 Å². The zero-order chi connectivity index (χ0) is 13.4. The van der Waals surface area contributed by atoms with E-state index in [1.54, 1.807) is 12.3 Å². The molecular formula is C15H19NO2. The van der Waals surface area contributed by atoms with Crippen LogP contribution in [-0.4, -0.2) is 24.8 Å². The van der Waals surface area contributed by atoms with Crippen LogP contribution in [0.3, 0.4) is 0 Å². The molecule has 0 N–H and O–H groups in total. The lowest BCUT2D eigenvalue weighted by molar-refractivity contribution is -0.146. The van der Waals surface area contributed by atoms with Crippen molar-refractivity contribution < 1.29 is 9.53 Å². The van der Waals surface area contributed by atoms with Crippen molar-refractivity contribution in [3.63, 3.8) is 0 Å². The highest BCUT2D eigenvalue weighted by molar-refractivity contribution is 5.87. The number of benzene rings is 1. The molecule has 18 heavy (non-hydrogen) atoms. The van der Waals surface area contributed by atoms with Crippen molar-refractivity contribution >= 4 is 12.2 Å². The fourth-order valence-electron chi connectivity index (χ4n) is 1.73. The maximum atomic E-state index is 11.9. The topological polar surface area (TPSA) is 38.7 Å². The Kier molecular flexibility index (Phi) is 5.31. The van der Waals surface area contributed by atoms with Gasteiger partial charge in [-0.2, -0.15) is 0 Å². The van der Waals surface area contributed by atoms with Gasteiger partial charge in [-0.05, 0) is 12.0 Å². The minimum atomic E-state index is -0.855. The van der Waals surface area contributed by atoms with E-state index in [1.807, 2.05) is 37.3 Å². The van der Waals surface area contributed by atoms with Gasteiger partial charge in [-0.25, -0.2) is 4.79 Å². The van der Waals surface area contributed by atoms with E-state index in [1.165, 1.54) is 7.11 Å². The number of hydrogen-bond acceptors (Lipinski definition) is 3. The summed E-state index contributed by atoms with van der Waals surface area (Å²) in [6.45, 7) is 5.60. The van der Waals surface area contributed by atoms with Gasteiger partial charge in [0.15, 0.2) is 5.54 Å². The zero-order valence-corrected chi connectivity index (χ0v) is 10.9. The summed E-state index contributed by atoms with van der Waals surface area (Å²) in [6.07, 6.45) is 4.46. The molecule has 0 aliphatic carbocycles. The molecule has 0 saturated heterocycles. The smallest absolute Gasteiger partial charge is 0.334 e. The molecule has 3 nitrogen and oxygen atoms in total. The van der Waals surface area contributed by atoms with Crippen LogP contribution in [-0.2, 0) is 9.53 Å². The highest BCUT2D eigenvalue weighted by Crippen LogP contribution is 2.23. The van der Waals surface area contributed by atoms with E-state index in [-0.39, 0.29) is 5.97 Å². The molecule has 0 aliphatic rings. The molecule has 0 radical (unpaired) electrons. The molecular weight excluding hydrogens is 226 g/mol. The van der Waals surface area contributed by atoms with Gasteiger partial charge in [-0.15, -0.1) is 6.58 Å². The molecule has 1 unspecified atom stereocenters. The molecule has 0 spiro atoms. The predicted molar refractivity (Wildman–Crippen MR) is 73.9 cm³/mol. The predicted octanol–water partition coefficient (Wildman–Crippen LogP) is 3.00. The number of carbonyl (C=O) groups excluding carboxylic acids is 1. The maximum absolute atomic E-state index is 11.9. The Bertz CT molecular complexity index is 425. The zero-order valence-electron chi connectivity index (χ0n) is 10.9. The summed E-state index contributed by atoms with van der Waals surface area (Å²) in [5.41, 5.74) is 0.107. The van der Waals surface area contributed by atoms with Crippen molar-refractivity contribution in [2.75, 3.05) is 7.11 Å². The van der Waals surface area contributed by atoms with Gasteiger partial charge in [0.25, 0.3) is 0 Å². The second kappa shape index (κ2) is 6.74. The van der Waals surface area contributed by atoms with Crippen LogP contribution in [0.5, 0.6) is 0 Å². The summed E-state index contributed by atoms with van der Waals surface area (Å²) in [4.78, 5) is 16.3. The molecule has 3 heteroatoms. The van der Waals surface area contributed by atoms with Crippen LogP contribution in [0.15, 0.2) is 48.0 Å². The number of methoxy groups -OCH3 is 1. The molecule has 0 aliphatic heterocycles. The van der Waals surface area contributed by atoms with Crippen LogP contribution in [0.4, 0.5) is 0 Å². The van der Waals surface area contributed by atoms with Crippen LogP contribution in [0.25, 0.3) is 0 Å². The van der Waals surface area contributed by atoms with Crippen molar-refractivity contribution in [2.24, 2.45) is 4.99 Å². The van der Waals surface area contributed by atoms with Crippen molar-refractivity contribution in [2.45, 2.75) is 25.3 Å². The second-order valence-corrected chi connectivity index (χ2v) is 4.04. The first kappa shape index (κ1) is 14.2. The van der Waals surface area contributed by atoms with Crippen molar-refractivity contribution in [3.8, 4) is 0 Å². The lowest BCUT2D eigenvalue weighted by Crippen LogP contribution is -2.37. The number of hydrogen-bond donors (Lipinski definition) is 0. The van der Waals surface area contributed by atoms with Crippen molar-refractivity contribution in [3.05, 3.63) is 48.6 Å². The molecule has 0 aromatic heterocycles. The summed E-state index contributed by atoms with van der Waals surface area (Å²) in [7, 11) is 1.38. The van der Waals surface area contributed by atoms with E-state index >= 15 is 0 Å². The van der Waals surface area contributed by atoms with Crippen LogP contribution in [0.1, 0.15) is 25.3 Å². The molecule has 1 rings (SSSR count). The number of carbonyl (C=O) groups is 1. The van der Waals surface area contributed by atoms with Gasteiger partial charge >= 0.3 is 5.97 Å². The first-order valence-corrected chi connectivity index (χ1v) is 5.98. The maximum Gasteiger partial charge on any atom is 0.334 e. The summed E-state index contributed by atoms with van der Waals surface area (Å²) >= 11 is 0. The van der Waals surface area contributed by atoms with Crippen LogP contribution in [0.2, 0.25) is 0 Å². The Morgan fingerprint density at radius 3 is 2.61 bits per heavy atom.